The molecular weight excluding hydrogens is 268 g/mol. The summed E-state index contributed by atoms with van der Waals surface area (Å²) in [7, 11) is -3.32. The number of piperidine rings is 1. The molecule has 2 aliphatic heterocycles. The van der Waals surface area contributed by atoms with Crippen LogP contribution in [-0.4, -0.2) is 68.2 Å². The SMILES string of the molecule is CC1CN(C(=O)C2CCCCN2S(C)(=O)=O)CCO1. The van der Waals surface area contributed by atoms with Crippen molar-refractivity contribution in [2.24, 2.45) is 0 Å². The third-order valence-corrected chi connectivity index (χ3v) is 5.01. The van der Waals surface area contributed by atoms with Gasteiger partial charge in [0.05, 0.1) is 19.0 Å². The second kappa shape index (κ2) is 5.76. The molecule has 0 aliphatic carbocycles. The van der Waals surface area contributed by atoms with Crippen LogP contribution < -0.4 is 0 Å². The van der Waals surface area contributed by atoms with Gasteiger partial charge in [0.25, 0.3) is 0 Å². The predicted octanol–water partition coefficient (Wildman–Crippen LogP) is 0.0478. The molecule has 0 N–H and O–H groups in total. The Morgan fingerprint density at radius 1 is 1.26 bits per heavy atom. The Morgan fingerprint density at radius 2 is 2.00 bits per heavy atom. The van der Waals surface area contributed by atoms with Gasteiger partial charge in [0.15, 0.2) is 0 Å². The highest BCUT2D eigenvalue weighted by Crippen LogP contribution is 2.22. The Kier molecular flexibility index (Phi) is 4.47. The topological polar surface area (TPSA) is 66.9 Å². The van der Waals surface area contributed by atoms with Crippen molar-refractivity contribution in [3.63, 3.8) is 0 Å². The summed E-state index contributed by atoms with van der Waals surface area (Å²) in [5.74, 6) is -0.0692. The van der Waals surface area contributed by atoms with E-state index in [1.807, 2.05) is 6.92 Å². The molecule has 2 fully saturated rings. The standard InChI is InChI=1S/C12H22N2O4S/c1-10-9-13(7-8-18-10)12(15)11-5-3-4-6-14(11)19(2,16)17/h10-11H,3-9H2,1-2H3. The molecular formula is C12H22N2O4S. The Hall–Kier alpha value is -0.660. The van der Waals surface area contributed by atoms with Gasteiger partial charge < -0.3 is 9.64 Å². The zero-order valence-electron chi connectivity index (χ0n) is 11.5. The molecule has 0 bridgehead atoms. The Morgan fingerprint density at radius 3 is 2.63 bits per heavy atom. The fraction of sp³-hybridized carbons (Fsp3) is 0.917. The number of hydrogen-bond acceptors (Lipinski definition) is 4. The van der Waals surface area contributed by atoms with Gasteiger partial charge in [0.1, 0.15) is 6.04 Å². The first kappa shape index (κ1) is 14.7. The van der Waals surface area contributed by atoms with Crippen molar-refractivity contribution in [3.05, 3.63) is 0 Å². The summed E-state index contributed by atoms with van der Waals surface area (Å²) < 4.78 is 30.3. The van der Waals surface area contributed by atoms with Gasteiger partial charge in [0.2, 0.25) is 15.9 Å². The molecule has 2 rings (SSSR count). The van der Waals surface area contributed by atoms with E-state index < -0.39 is 16.1 Å². The van der Waals surface area contributed by atoms with E-state index in [9.17, 15) is 13.2 Å². The van der Waals surface area contributed by atoms with Crippen LogP contribution >= 0.6 is 0 Å². The zero-order chi connectivity index (χ0) is 14.0. The smallest absolute Gasteiger partial charge is 0.241 e. The first-order valence-electron chi connectivity index (χ1n) is 6.77. The summed E-state index contributed by atoms with van der Waals surface area (Å²) in [6.45, 7) is 4.01. The fourth-order valence-electron chi connectivity index (χ4n) is 2.78. The van der Waals surface area contributed by atoms with Crippen molar-refractivity contribution in [2.45, 2.75) is 38.3 Å². The molecule has 7 heteroatoms. The number of carbonyl (C=O) groups excluding carboxylic acids is 1. The van der Waals surface area contributed by atoms with E-state index in [4.69, 9.17) is 4.74 Å². The quantitative estimate of drug-likeness (QED) is 0.720. The Bertz CT molecular complexity index is 437. The molecule has 2 saturated heterocycles. The summed E-state index contributed by atoms with van der Waals surface area (Å²) in [5.41, 5.74) is 0. The molecule has 19 heavy (non-hydrogen) atoms. The number of amides is 1. The van der Waals surface area contributed by atoms with Gasteiger partial charge in [-0.2, -0.15) is 4.31 Å². The van der Waals surface area contributed by atoms with E-state index in [0.29, 0.717) is 32.7 Å². The van der Waals surface area contributed by atoms with Crippen molar-refractivity contribution in [2.75, 3.05) is 32.5 Å². The van der Waals surface area contributed by atoms with E-state index in [1.54, 1.807) is 4.90 Å². The molecule has 110 valence electrons. The van der Waals surface area contributed by atoms with Gasteiger partial charge in [0, 0.05) is 19.6 Å². The Balaban J connectivity index is 2.11. The fourth-order valence-corrected chi connectivity index (χ4v) is 3.90. The third-order valence-electron chi connectivity index (χ3n) is 3.72. The zero-order valence-corrected chi connectivity index (χ0v) is 12.4. The van der Waals surface area contributed by atoms with Gasteiger partial charge >= 0.3 is 0 Å². The highest BCUT2D eigenvalue weighted by molar-refractivity contribution is 7.88. The minimum Gasteiger partial charge on any atom is -0.375 e. The normalized spacial score (nSPS) is 30.3. The van der Waals surface area contributed by atoms with E-state index >= 15 is 0 Å². The van der Waals surface area contributed by atoms with Crippen molar-refractivity contribution in [1.82, 2.24) is 9.21 Å². The van der Waals surface area contributed by atoms with E-state index in [1.165, 1.54) is 10.6 Å². The maximum absolute atomic E-state index is 12.5. The largest absolute Gasteiger partial charge is 0.375 e. The number of hydrogen-bond donors (Lipinski definition) is 0. The molecule has 6 nitrogen and oxygen atoms in total. The van der Waals surface area contributed by atoms with Crippen LogP contribution in [0.2, 0.25) is 0 Å². The highest BCUT2D eigenvalue weighted by Gasteiger charge is 2.37. The van der Waals surface area contributed by atoms with Crippen LogP contribution in [0.15, 0.2) is 0 Å². The first-order chi connectivity index (χ1) is 8.89. The van der Waals surface area contributed by atoms with Crippen molar-refractivity contribution in [3.8, 4) is 0 Å². The first-order valence-corrected chi connectivity index (χ1v) is 8.61. The van der Waals surface area contributed by atoms with Crippen LogP contribution in [0.1, 0.15) is 26.2 Å². The van der Waals surface area contributed by atoms with Crippen LogP contribution in [0.25, 0.3) is 0 Å². The lowest BCUT2D eigenvalue weighted by atomic mass is 10.0. The van der Waals surface area contributed by atoms with E-state index in [-0.39, 0.29) is 12.0 Å². The van der Waals surface area contributed by atoms with Crippen molar-refractivity contribution in [1.29, 1.82) is 0 Å². The molecule has 2 atom stereocenters. The number of nitrogens with zero attached hydrogens (tertiary/aromatic N) is 2. The monoisotopic (exact) mass is 290 g/mol. The summed E-state index contributed by atoms with van der Waals surface area (Å²) in [6, 6.07) is -0.519. The number of rotatable bonds is 2. The molecule has 0 aromatic rings. The average molecular weight is 290 g/mol. The summed E-state index contributed by atoms with van der Waals surface area (Å²) in [4.78, 5) is 14.3. The van der Waals surface area contributed by atoms with Crippen LogP contribution in [0.5, 0.6) is 0 Å². The molecule has 2 heterocycles. The molecule has 1 amide bonds. The van der Waals surface area contributed by atoms with Crippen molar-refractivity contribution >= 4 is 15.9 Å². The van der Waals surface area contributed by atoms with E-state index in [0.717, 1.165) is 12.8 Å². The molecule has 0 aromatic heterocycles. The minimum atomic E-state index is -3.32. The van der Waals surface area contributed by atoms with E-state index in [2.05, 4.69) is 0 Å². The van der Waals surface area contributed by atoms with Crippen molar-refractivity contribution < 1.29 is 17.9 Å². The minimum absolute atomic E-state index is 0.0213. The Labute approximate surface area is 114 Å². The number of carbonyl (C=O) groups is 1. The summed E-state index contributed by atoms with van der Waals surface area (Å²) in [5, 5.41) is 0. The van der Waals surface area contributed by atoms with Gasteiger partial charge in [-0.1, -0.05) is 6.42 Å². The summed E-state index contributed by atoms with van der Waals surface area (Å²) in [6.07, 6.45) is 3.56. The maximum Gasteiger partial charge on any atom is 0.241 e. The van der Waals surface area contributed by atoms with Gasteiger partial charge in [-0.25, -0.2) is 8.42 Å². The molecule has 2 aliphatic rings. The molecule has 2 unspecified atom stereocenters. The second-order valence-corrected chi connectivity index (χ2v) is 7.29. The number of morpholine rings is 1. The second-order valence-electron chi connectivity index (χ2n) is 5.35. The number of sulfonamides is 1. The van der Waals surface area contributed by atoms with Gasteiger partial charge in [-0.3, -0.25) is 4.79 Å². The number of ether oxygens (including phenoxy) is 1. The predicted molar refractivity (Wildman–Crippen MR) is 71.2 cm³/mol. The highest BCUT2D eigenvalue weighted by atomic mass is 32.2. The lowest BCUT2D eigenvalue weighted by Gasteiger charge is -2.38. The van der Waals surface area contributed by atoms with Crippen LogP contribution in [0.4, 0.5) is 0 Å². The average Bonchev–Trinajstić information content (AvgIpc) is 2.37. The van der Waals surface area contributed by atoms with Gasteiger partial charge in [-0.15, -0.1) is 0 Å². The maximum atomic E-state index is 12.5. The molecule has 0 saturated carbocycles. The molecule has 0 aromatic carbocycles. The molecule has 0 spiro atoms. The molecule has 0 radical (unpaired) electrons. The van der Waals surface area contributed by atoms with Crippen LogP contribution in [-0.2, 0) is 19.6 Å². The lowest BCUT2D eigenvalue weighted by molar-refractivity contribution is -0.143. The summed E-state index contributed by atoms with van der Waals surface area (Å²) >= 11 is 0. The van der Waals surface area contributed by atoms with Gasteiger partial charge in [-0.05, 0) is 19.8 Å². The van der Waals surface area contributed by atoms with Crippen LogP contribution in [0.3, 0.4) is 0 Å². The third kappa shape index (κ3) is 3.46. The van der Waals surface area contributed by atoms with Crippen LogP contribution in [0, 0.1) is 0 Å². The lowest BCUT2D eigenvalue weighted by Crippen LogP contribution is -2.55.